The van der Waals surface area contributed by atoms with Gasteiger partial charge in [-0.3, -0.25) is 0 Å². The van der Waals surface area contributed by atoms with Crippen LogP contribution < -0.4 is 9.47 Å². The first-order valence-electron chi connectivity index (χ1n) is 8.18. The number of hydrogen-bond acceptors (Lipinski definition) is 8. The number of nitriles is 1. The van der Waals surface area contributed by atoms with Gasteiger partial charge in [-0.05, 0) is 18.2 Å². The van der Waals surface area contributed by atoms with Gasteiger partial charge in [0.1, 0.15) is 22.4 Å². The fourth-order valence-corrected chi connectivity index (χ4v) is 4.10. The van der Waals surface area contributed by atoms with Crippen molar-refractivity contribution in [3.05, 3.63) is 46.7 Å². The van der Waals surface area contributed by atoms with Gasteiger partial charge in [0.25, 0.3) is 0 Å². The third-order valence-corrected chi connectivity index (χ3v) is 5.84. The molecule has 1 N–H and O–H groups in total. The van der Waals surface area contributed by atoms with E-state index in [0.717, 1.165) is 10.7 Å². The summed E-state index contributed by atoms with van der Waals surface area (Å²) in [5.74, 6) is 1.44. The zero-order chi connectivity index (χ0) is 20.1. The Hall–Kier alpha value is -2.96. The highest BCUT2D eigenvalue weighted by Crippen LogP contribution is 2.34. The molecular weight excluding hydrogens is 396 g/mol. The van der Waals surface area contributed by atoms with Crippen molar-refractivity contribution in [1.82, 2.24) is 14.5 Å². The maximum absolute atomic E-state index is 10.4. The summed E-state index contributed by atoms with van der Waals surface area (Å²) in [6, 6.07) is 7.55. The van der Waals surface area contributed by atoms with E-state index in [0.29, 0.717) is 22.2 Å². The molecule has 0 atom stereocenters. The zero-order valence-electron chi connectivity index (χ0n) is 15.5. The average molecular weight is 415 g/mol. The number of aryl methyl sites for hydroxylation is 1. The molecule has 2 aromatic heterocycles. The highest BCUT2D eigenvalue weighted by atomic mass is 32.2. The number of allylic oxidation sites excluding steroid dienone is 1. The number of imidazole rings is 1. The van der Waals surface area contributed by atoms with Gasteiger partial charge in [-0.1, -0.05) is 11.8 Å². The third-order valence-electron chi connectivity index (χ3n) is 3.91. The first kappa shape index (κ1) is 19.8. The summed E-state index contributed by atoms with van der Waals surface area (Å²) in [5, 5.41) is 23.0. The molecule has 3 rings (SSSR count). The lowest BCUT2D eigenvalue weighted by atomic mass is 10.1. The molecule has 0 saturated heterocycles. The summed E-state index contributed by atoms with van der Waals surface area (Å²) >= 11 is 2.65. The molecule has 0 aliphatic rings. The van der Waals surface area contributed by atoms with Gasteiger partial charge in [0.2, 0.25) is 0 Å². The predicted molar refractivity (Wildman–Crippen MR) is 110 cm³/mol. The van der Waals surface area contributed by atoms with Crippen LogP contribution in [0.1, 0.15) is 5.01 Å². The molecule has 0 amide bonds. The lowest BCUT2D eigenvalue weighted by molar-refractivity contribution is 0.355. The van der Waals surface area contributed by atoms with Crippen molar-refractivity contribution in [3.8, 4) is 28.8 Å². The van der Waals surface area contributed by atoms with E-state index < -0.39 is 0 Å². The Morgan fingerprint density at radius 1 is 1.32 bits per heavy atom. The number of aromatic nitrogens is 3. The highest BCUT2D eigenvalue weighted by Gasteiger charge is 2.16. The predicted octanol–water partition coefficient (Wildman–Crippen LogP) is 4.15. The van der Waals surface area contributed by atoms with Crippen LogP contribution in [-0.4, -0.2) is 39.6 Å². The van der Waals surface area contributed by atoms with Gasteiger partial charge in [-0.15, -0.1) is 11.3 Å². The quantitative estimate of drug-likeness (QED) is 0.353. The minimum atomic E-state index is -0.0243. The Morgan fingerprint density at radius 3 is 2.75 bits per heavy atom. The SMILES string of the molecule is COc1ccc(-c2csc(C(C#N)=C(O)CSc3nccn3C)n2)cc1OC. The third kappa shape index (κ3) is 4.13. The zero-order valence-corrected chi connectivity index (χ0v) is 17.2. The van der Waals surface area contributed by atoms with Crippen molar-refractivity contribution in [2.75, 3.05) is 20.0 Å². The molecule has 144 valence electrons. The molecule has 0 spiro atoms. The second-order valence-corrected chi connectivity index (χ2v) is 7.45. The Morgan fingerprint density at radius 2 is 2.11 bits per heavy atom. The van der Waals surface area contributed by atoms with Crippen LogP contribution in [-0.2, 0) is 7.05 Å². The summed E-state index contributed by atoms with van der Waals surface area (Å²) in [5.41, 5.74) is 1.69. The molecular formula is C19H18N4O3S2. The van der Waals surface area contributed by atoms with Crippen LogP contribution >= 0.6 is 23.1 Å². The van der Waals surface area contributed by atoms with E-state index in [1.807, 2.05) is 35.3 Å². The van der Waals surface area contributed by atoms with E-state index in [1.165, 1.54) is 23.1 Å². The van der Waals surface area contributed by atoms with Crippen LogP contribution in [0.25, 0.3) is 16.8 Å². The van der Waals surface area contributed by atoms with Crippen molar-refractivity contribution in [3.63, 3.8) is 0 Å². The monoisotopic (exact) mass is 414 g/mol. The lowest BCUT2D eigenvalue weighted by Crippen LogP contribution is -1.96. The summed E-state index contributed by atoms with van der Waals surface area (Å²) in [4.78, 5) is 8.71. The van der Waals surface area contributed by atoms with Crippen LogP contribution in [0.2, 0.25) is 0 Å². The van der Waals surface area contributed by atoms with Crippen LogP contribution in [0, 0.1) is 11.3 Å². The van der Waals surface area contributed by atoms with E-state index in [4.69, 9.17) is 9.47 Å². The van der Waals surface area contributed by atoms with Crippen molar-refractivity contribution >= 4 is 28.7 Å². The topological polar surface area (TPSA) is 93.2 Å². The summed E-state index contributed by atoms with van der Waals surface area (Å²) < 4.78 is 12.4. The molecule has 0 bridgehead atoms. The van der Waals surface area contributed by atoms with Gasteiger partial charge >= 0.3 is 0 Å². The van der Waals surface area contributed by atoms with Gasteiger partial charge in [0.05, 0.1) is 25.7 Å². The summed E-state index contributed by atoms with van der Waals surface area (Å²) in [6.07, 6.45) is 3.51. The second-order valence-electron chi connectivity index (χ2n) is 5.65. The molecule has 0 fully saturated rings. The van der Waals surface area contributed by atoms with Gasteiger partial charge in [0.15, 0.2) is 16.7 Å². The van der Waals surface area contributed by atoms with Gasteiger partial charge in [-0.2, -0.15) is 5.26 Å². The number of benzene rings is 1. The fraction of sp³-hybridized carbons (Fsp3) is 0.211. The maximum atomic E-state index is 10.4. The van der Waals surface area contributed by atoms with Gasteiger partial charge in [0, 0.05) is 30.4 Å². The number of rotatable bonds is 7. The minimum Gasteiger partial charge on any atom is -0.510 e. The Balaban J connectivity index is 1.84. The number of aliphatic hydroxyl groups excluding tert-OH is 1. The largest absolute Gasteiger partial charge is 0.510 e. The number of thioether (sulfide) groups is 1. The van der Waals surface area contributed by atoms with E-state index in [9.17, 15) is 10.4 Å². The Kier molecular flexibility index (Phi) is 6.23. The van der Waals surface area contributed by atoms with Crippen LogP contribution in [0.15, 0.2) is 46.9 Å². The Bertz CT molecular complexity index is 1050. The molecule has 0 aliphatic heterocycles. The molecule has 0 aliphatic carbocycles. The second kappa shape index (κ2) is 8.82. The maximum Gasteiger partial charge on any atom is 0.168 e. The number of methoxy groups -OCH3 is 2. The smallest absolute Gasteiger partial charge is 0.168 e. The van der Waals surface area contributed by atoms with Gasteiger partial charge in [-0.25, -0.2) is 9.97 Å². The lowest BCUT2D eigenvalue weighted by Gasteiger charge is -2.08. The van der Waals surface area contributed by atoms with Crippen molar-refractivity contribution in [1.29, 1.82) is 5.26 Å². The molecule has 28 heavy (non-hydrogen) atoms. The molecule has 7 nitrogen and oxygen atoms in total. The van der Waals surface area contributed by atoms with Crippen molar-refractivity contribution in [2.45, 2.75) is 5.16 Å². The molecule has 0 saturated carbocycles. The highest BCUT2D eigenvalue weighted by molar-refractivity contribution is 7.99. The molecule has 2 heterocycles. The van der Waals surface area contributed by atoms with Crippen LogP contribution in [0.4, 0.5) is 0 Å². The number of ether oxygens (including phenoxy) is 2. The van der Waals surface area contributed by atoms with E-state index in [-0.39, 0.29) is 17.1 Å². The van der Waals surface area contributed by atoms with E-state index in [2.05, 4.69) is 16.0 Å². The summed E-state index contributed by atoms with van der Waals surface area (Å²) in [6.45, 7) is 0. The number of thiazole rings is 1. The van der Waals surface area contributed by atoms with Crippen LogP contribution in [0.5, 0.6) is 11.5 Å². The molecule has 3 aromatic rings. The van der Waals surface area contributed by atoms with Crippen molar-refractivity contribution < 1.29 is 14.6 Å². The molecule has 0 radical (unpaired) electrons. The van der Waals surface area contributed by atoms with Crippen molar-refractivity contribution in [2.24, 2.45) is 7.05 Å². The Labute approximate surface area is 170 Å². The number of aliphatic hydroxyl groups is 1. The molecule has 1 aromatic carbocycles. The minimum absolute atomic E-state index is 0.0243. The molecule has 9 heteroatoms. The van der Waals surface area contributed by atoms with Crippen LogP contribution in [0.3, 0.4) is 0 Å². The van der Waals surface area contributed by atoms with E-state index >= 15 is 0 Å². The first-order chi connectivity index (χ1) is 13.6. The first-order valence-corrected chi connectivity index (χ1v) is 10.0. The molecule has 0 unspecified atom stereocenters. The number of nitrogens with zero attached hydrogens (tertiary/aromatic N) is 4. The number of hydrogen-bond donors (Lipinski definition) is 1. The standard InChI is InChI=1S/C19H18N4O3S2/c1-23-7-6-21-19(23)28-11-15(24)13(9-20)18-22-14(10-27-18)12-4-5-16(25-2)17(8-12)26-3/h4-8,10,24H,11H2,1-3H3. The average Bonchev–Trinajstić information content (AvgIpc) is 3.35. The summed E-state index contributed by atoms with van der Waals surface area (Å²) in [7, 11) is 5.02. The van der Waals surface area contributed by atoms with E-state index in [1.54, 1.807) is 26.5 Å². The normalized spacial score (nSPS) is 11.6. The fourth-order valence-electron chi connectivity index (χ4n) is 2.45. The van der Waals surface area contributed by atoms with Gasteiger partial charge < -0.3 is 19.1 Å².